The van der Waals surface area contributed by atoms with Gasteiger partial charge in [0.15, 0.2) is 0 Å². The number of amides is 2. The molecule has 0 fully saturated rings. The van der Waals surface area contributed by atoms with Crippen LogP contribution in [0, 0.1) is 0 Å². The smallest absolute Gasteiger partial charge is 0.337 e. The molecule has 0 aromatic heterocycles. The van der Waals surface area contributed by atoms with Crippen molar-refractivity contribution in [1.29, 1.82) is 0 Å². The highest BCUT2D eigenvalue weighted by molar-refractivity contribution is 6.37. The number of esters is 1. The van der Waals surface area contributed by atoms with Gasteiger partial charge in [-0.3, -0.25) is 9.59 Å². The first-order chi connectivity index (χ1) is 17.9. The van der Waals surface area contributed by atoms with E-state index >= 15 is 0 Å². The van der Waals surface area contributed by atoms with Gasteiger partial charge in [-0.25, -0.2) is 4.79 Å². The van der Waals surface area contributed by atoms with Crippen LogP contribution in [0.4, 0.5) is 11.4 Å². The van der Waals surface area contributed by atoms with Crippen molar-refractivity contribution < 1.29 is 19.1 Å². The predicted molar refractivity (Wildman–Crippen MR) is 145 cm³/mol. The molecule has 3 aromatic rings. The maximum Gasteiger partial charge on any atom is 0.337 e. The summed E-state index contributed by atoms with van der Waals surface area (Å²) in [5.41, 5.74) is 4.56. The summed E-state index contributed by atoms with van der Waals surface area (Å²) in [7, 11) is 5.31. The molecule has 0 spiro atoms. The van der Waals surface area contributed by atoms with Gasteiger partial charge in [0.2, 0.25) is 0 Å². The summed E-state index contributed by atoms with van der Waals surface area (Å²) < 4.78 is 4.81. The van der Waals surface area contributed by atoms with E-state index in [1.807, 2.05) is 50.5 Å². The van der Waals surface area contributed by atoms with Gasteiger partial charge in [0.05, 0.1) is 29.6 Å². The van der Waals surface area contributed by atoms with Crippen LogP contribution in [-0.2, 0) is 9.53 Å². The Kier molecular flexibility index (Phi) is 8.00. The Morgan fingerprint density at radius 1 is 0.919 bits per heavy atom. The minimum absolute atomic E-state index is 0.157. The lowest BCUT2D eigenvalue weighted by Crippen LogP contribution is -2.27. The molecule has 2 amide bonds. The van der Waals surface area contributed by atoms with Gasteiger partial charge in [-0.05, 0) is 63.0 Å². The largest absolute Gasteiger partial charge is 0.465 e. The number of nitrogens with zero attached hydrogens (tertiary/aromatic N) is 1. The second-order valence-electron chi connectivity index (χ2n) is 8.94. The third kappa shape index (κ3) is 6.05. The fraction of sp³-hybridized carbons (Fsp3) is 0.207. The monoisotopic (exact) mass is 498 g/mol. The van der Waals surface area contributed by atoms with Gasteiger partial charge in [0, 0.05) is 23.4 Å². The van der Waals surface area contributed by atoms with Gasteiger partial charge >= 0.3 is 5.97 Å². The lowest BCUT2D eigenvalue weighted by atomic mass is 9.99. The van der Waals surface area contributed by atoms with Crippen molar-refractivity contribution in [2.75, 3.05) is 44.9 Å². The zero-order valence-corrected chi connectivity index (χ0v) is 21.1. The molecular weight excluding hydrogens is 468 g/mol. The molecule has 3 N–H and O–H groups in total. The number of ether oxygens (including phenoxy) is 1. The average Bonchev–Trinajstić information content (AvgIpc) is 3.24. The van der Waals surface area contributed by atoms with Crippen LogP contribution in [0.25, 0.3) is 11.3 Å². The van der Waals surface area contributed by atoms with Gasteiger partial charge in [0.1, 0.15) is 0 Å². The quantitative estimate of drug-likeness (QED) is 0.234. The molecule has 37 heavy (non-hydrogen) atoms. The highest BCUT2D eigenvalue weighted by Crippen LogP contribution is 2.38. The molecule has 1 aliphatic rings. The maximum absolute atomic E-state index is 13.2. The van der Waals surface area contributed by atoms with E-state index in [0.29, 0.717) is 45.9 Å². The predicted octanol–water partition coefficient (Wildman–Crippen LogP) is 4.09. The Morgan fingerprint density at radius 3 is 2.41 bits per heavy atom. The molecule has 4 rings (SSSR count). The highest BCUT2D eigenvalue weighted by Gasteiger charge is 2.29. The molecule has 3 aromatic carbocycles. The van der Waals surface area contributed by atoms with E-state index in [4.69, 9.17) is 4.74 Å². The molecule has 0 bridgehead atoms. The van der Waals surface area contributed by atoms with E-state index in [9.17, 15) is 14.4 Å². The topological polar surface area (TPSA) is 99.8 Å². The summed E-state index contributed by atoms with van der Waals surface area (Å²) in [5.74, 6) is -0.929. The number of hydrogen-bond donors (Lipinski definition) is 3. The van der Waals surface area contributed by atoms with E-state index in [2.05, 4.69) is 20.9 Å². The lowest BCUT2D eigenvalue weighted by Gasteiger charge is -2.16. The van der Waals surface area contributed by atoms with Crippen LogP contribution in [0.15, 0.2) is 72.8 Å². The third-order valence-electron chi connectivity index (χ3n) is 5.96. The minimum Gasteiger partial charge on any atom is -0.465 e. The summed E-state index contributed by atoms with van der Waals surface area (Å²) in [4.78, 5) is 39.9. The van der Waals surface area contributed by atoms with Crippen LogP contribution in [0.2, 0.25) is 0 Å². The molecule has 0 saturated carbocycles. The summed E-state index contributed by atoms with van der Waals surface area (Å²) in [5, 5.41) is 9.19. The molecule has 0 radical (unpaired) electrons. The van der Waals surface area contributed by atoms with Crippen molar-refractivity contribution in [3.63, 3.8) is 0 Å². The summed E-state index contributed by atoms with van der Waals surface area (Å²) in [6, 6.07) is 21.6. The Morgan fingerprint density at radius 2 is 1.68 bits per heavy atom. The van der Waals surface area contributed by atoms with Crippen LogP contribution in [0.5, 0.6) is 0 Å². The Hall–Kier alpha value is -4.43. The standard InChI is InChI=1S/C29H30N4O4/c1-33(2)16-8-15-30-27(34)20-11-7-12-22(17-20)31-26(19-9-5-4-6-10-19)25-23-14-13-21(29(36)37-3)18-24(23)32-28(25)35/h4-7,9-14,17-18,31H,8,15-16H2,1-3H3,(H,30,34)(H,32,35)/b26-25-. The molecule has 8 nitrogen and oxygen atoms in total. The number of nitrogens with one attached hydrogen (secondary N) is 3. The molecule has 0 saturated heterocycles. The normalized spacial score (nSPS) is 13.6. The SMILES string of the molecule is COC(=O)c1ccc2c(c1)NC(=O)/C2=C(\Nc1cccc(C(=O)NCCCN(C)C)c1)c1ccccc1. The average molecular weight is 499 g/mol. The van der Waals surface area contributed by atoms with E-state index < -0.39 is 5.97 Å². The number of fused-ring (bicyclic) bond motifs is 1. The molecule has 0 unspecified atom stereocenters. The summed E-state index contributed by atoms with van der Waals surface area (Å²) in [6.45, 7) is 1.47. The molecule has 0 atom stereocenters. The van der Waals surface area contributed by atoms with Gasteiger partial charge in [-0.15, -0.1) is 0 Å². The van der Waals surface area contributed by atoms with Crippen LogP contribution in [0.1, 0.15) is 38.3 Å². The van der Waals surface area contributed by atoms with Gasteiger partial charge in [-0.1, -0.05) is 42.5 Å². The second kappa shape index (κ2) is 11.5. The van der Waals surface area contributed by atoms with Crippen molar-refractivity contribution in [3.8, 4) is 0 Å². The number of carbonyl (C=O) groups is 3. The van der Waals surface area contributed by atoms with Crippen molar-refractivity contribution in [1.82, 2.24) is 10.2 Å². The van der Waals surface area contributed by atoms with E-state index in [-0.39, 0.29) is 11.8 Å². The highest BCUT2D eigenvalue weighted by atomic mass is 16.5. The van der Waals surface area contributed by atoms with E-state index in [0.717, 1.165) is 18.5 Å². The first-order valence-electron chi connectivity index (χ1n) is 12.0. The number of rotatable bonds is 9. The first-order valence-corrected chi connectivity index (χ1v) is 12.0. The number of methoxy groups -OCH3 is 1. The molecular formula is C29H30N4O4. The van der Waals surface area contributed by atoms with Crippen LogP contribution in [0.3, 0.4) is 0 Å². The number of benzene rings is 3. The van der Waals surface area contributed by atoms with Crippen molar-refractivity contribution in [2.45, 2.75) is 6.42 Å². The van der Waals surface area contributed by atoms with Gasteiger partial charge < -0.3 is 25.6 Å². The van der Waals surface area contributed by atoms with Crippen LogP contribution in [-0.4, -0.2) is 57.0 Å². The zero-order chi connectivity index (χ0) is 26.4. The fourth-order valence-corrected chi connectivity index (χ4v) is 4.13. The van der Waals surface area contributed by atoms with E-state index in [1.54, 1.807) is 36.4 Å². The Balaban J connectivity index is 1.67. The van der Waals surface area contributed by atoms with Crippen LogP contribution >= 0.6 is 0 Å². The number of anilines is 2. The zero-order valence-electron chi connectivity index (χ0n) is 21.1. The van der Waals surface area contributed by atoms with Crippen LogP contribution < -0.4 is 16.0 Å². The molecule has 190 valence electrons. The van der Waals surface area contributed by atoms with Gasteiger partial charge in [-0.2, -0.15) is 0 Å². The molecule has 0 aliphatic carbocycles. The summed E-state index contributed by atoms with van der Waals surface area (Å²) >= 11 is 0. The minimum atomic E-state index is -0.479. The molecule has 1 heterocycles. The number of carbonyl (C=O) groups excluding carboxylic acids is 3. The van der Waals surface area contributed by atoms with Crippen molar-refractivity contribution in [3.05, 3.63) is 95.1 Å². The van der Waals surface area contributed by atoms with Crippen molar-refractivity contribution in [2.24, 2.45) is 0 Å². The second-order valence-corrected chi connectivity index (χ2v) is 8.94. The fourth-order valence-electron chi connectivity index (χ4n) is 4.13. The third-order valence-corrected chi connectivity index (χ3v) is 5.96. The lowest BCUT2D eigenvalue weighted by molar-refractivity contribution is -0.110. The Bertz CT molecular complexity index is 1350. The molecule has 1 aliphatic heterocycles. The first kappa shape index (κ1) is 25.7. The summed E-state index contributed by atoms with van der Waals surface area (Å²) in [6.07, 6.45) is 0.854. The maximum atomic E-state index is 13.2. The number of hydrogen-bond acceptors (Lipinski definition) is 6. The van der Waals surface area contributed by atoms with E-state index in [1.165, 1.54) is 7.11 Å². The Labute approximate surface area is 216 Å². The van der Waals surface area contributed by atoms with Crippen molar-refractivity contribution >= 4 is 40.4 Å². The molecule has 8 heteroatoms. The van der Waals surface area contributed by atoms with Gasteiger partial charge in [0.25, 0.3) is 11.8 Å².